The average Bonchev–Trinajstić information content (AvgIpc) is 2.57. The first kappa shape index (κ1) is 10.4. The number of hydrogen-bond donors (Lipinski definition) is 1. The molecule has 80 valence electrons. The predicted molar refractivity (Wildman–Crippen MR) is 64.2 cm³/mol. The number of aromatic nitrogens is 1. The second-order valence-electron chi connectivity index (χ2n) is 3.57. The minimum Gasteiger partial charge on any atom is -0.310 e. The first-order valence-electron chi connectivity index (χ1n) is 5.10. The van der Waals surface area contributed by atoms with Crippen molar-refractivity contribution in [1.82, 2.24) is 3.96 Å². The summed E-state index contributed by atoms with van der Waals surface area (Å²) in [6, 6.07) is 7.62. The molecular formula is C11H14N2OS. The van der Waals surface area contributed by atoms with Crippen LogP contribution >= 0.6 is 11.5 Å². The lowest BCUT2D eigenvalue weighted by Crippen LogP contribution is -2.25. The van der Waals surface area contributed by atoms with Crippen molar-refractivity contribution < 1.29 is 0 Å². The van der Waals surface area contributed by atoms with E-state index < -0.39 is 0 Å². The molecule has 0 amide bonds. The molecule has 1 heterocycles. The molecule has 1 aromatic carbocycles. The van der Waals surface area contributed by atoms with Crippen molar-refractivity contribution in [3.05, 3.63) is 34.6 Å². The van der Waals surface area contributed by atoms with Crippen LogP contribution in [0.15, 0.2) is 29.1 Å². The maximum atomic E-state index is 11.9. The second kappa shape index (κ2) is 4.16. The van der Waals surface area contributed by atoms with Crippen molar-refractivity contribution in [3.8, 4) is 0 Å². The van der Waals surface area contributed by atoms with Gasteiger partial charge in [0.1, 0.15) is 0 Å². The fourth-order valence-electron chi connectivity index (χ4n) is 1.62. The van der Waals surface area contributed by atoms with Gasteiger partial charge in [-0.05, 0) is 18.6 Å². The largest absolute Gasteiger partial charge is 0.310 e. The van der Waals surface area contributed by atoms with Crippen molar-refractivity contribution >= 4 is 21.6 Å². The molecule has 2 N–H and O–H groups in total. The molecular weight excluding hydrogens is 208 g/mol. The molecule has 0 aliphatic heterocycles. The Hall–Kier alpha value is -1.13. The molecule has 1 aromatic heterocycles. The second-order valence-corrected chi connectivity index (χ2v) is 4.59. The van der Waals surface area contributed by atoms with Gasteiger partial charge in [0.05, 0.1) is 16.3 Å². The normalized spacial score (nSPS) is 13.2. The molecule has 0 saturated heterocycles. The monoisotopic (exact) mass is 222 g/mol. The van der Waals surface area contributed by atoms with Crippen molar-refractivity contribution in [2.24, 2.45) is 5.73 Å². The fourth-order valence-corrected chi connectivity index (χ4v) is 2.65. The summed E-state index contributed by atoms with van der Waals surface area (Å²) in [6.07, 6.45) is 1.65. The van der Waals surface area contributed by atoms with Crippen LogP contribution in [0.1, 0.15) is 25.9 Å². The lowest BCUT2D eigenvalue weighted by Gasteiger charge is -2.08. The molecule has 0 aliphatic rings. The molecule has 0 spiro atoms. The maximum absolute atomic E-state index is 11.9. The van der Waals surface area contributed by atoms with E-state index in [0.29, 0.717) is 0 Å². The Morgan fingerprint density at radius 1 is 1.47 bits per heavy atom. The molecule has 0 bridgehead atoms. The third-order valence-corrected chi connectivity index (χ3v) is 3.59. The van der Waals surface area contributed by atoms with Gasteiger partial charge in [-0.3, -0.25) is 4.79 Å². The molecule has 4 heteroatoms. The molecule has 0 radical (unpaired) electrons. The fraction of sp³-hybridized carbons (Fsp3) is 0.364. The highest BCUT2D eigenvalue weighted by atomic mass is 32.1. The predicted octanol–water partition coefficient (Wildman–Crippen LogP) is 2.32. The SMILES string of the molecule is CCCC(N)n1sc2ccccc2c1=O. The van der Waals surface area contributed by atoms with Crippen LogP contribution in [0.2, 0.25) is 0 Å². The van der Waals surface area contributed by atoms with E-state index in [1.165, 1.54) is 11.5 Å². The van der Waals surface area contributed by atoms with Gasteiger partial charge in [-0.2, -0.15) is 0 Å². The highest BCUT2D eigenvalue weighted by molar-refractivity contribution is 7.13. The number of nitrogens with zero attached hydrogens (tertiary/aromatic N) is 1. The van der Waals surface area contributed by atoms with Gasteiger partial charge >= 0.3 is 0 Å². The number of fused-ring (bicyclic) bond motifs is 1. The average molecular weight is 222 g/mol. The minimum absolute atomic E-state index is 0.0385. The Balaban J connectivity index is 2.53. The zero-order valence-electron chi connectivity index (χ0n) is 8.64. The molecule has 1 atom stereocenters. The molecule has 1 unspecified atom stereocenters. The highest BCUT2D eigenvalue weighted by Crippen LogP contribution is 2.19. The first-order chi connectivity index (χ1) is 7.24. The van der Waals surface area contributed by atoms with Gasteiger partial charge in [0.15, 0.2) is 0 Å². The first-order valence-corrected chi connectivity index (χ1v) is 5.87. The van der Waals surface area contributed by atoms with E-state index in [1.54, 1.807) is 3.96 Å². The third-order valence-electron chi connectivity index (χ3n) is 2.40. The van der Waals surface area contributed by atoms with Crippen LogP contribution in [0.3, 0.4) is 0 Å². The van der Waals surface area contributed by atoms with Gasteiger partial charge in [0.25, 0.3) is 5.56 Å². The summed E-state index contributed by atoms with van der Waals surface area (Å²) in [7, 11) is 0. The number of benzene rings is 1. The zero-order valence-corrected chi connectivity index (χ0v) is 9.46. The van der Waals surface area contributed by atoms with E-state index in [1.807, 2.05) is 24.3 Å². The highest BCUT2D eigenvalue weighted by Gasteiger charge is 2.11. The summed E-state index contributed by atoms with van der Waals surface area (Å²) in [5, 5.41) is 0.772. The van der Waals surface area contributed by atoms with Gasteiger partial charge in [0, 0.05) is 0 Å². The summed E-state index contributed by atoms with van der Waals surface area (Å²) >= 11 is 1.45. The Labute approximate surface area is 92.3 Å². The summed E-state index contributed by atoms with van der Waals surface area (Å²) in [6.45, 7) is 2.07. The van der Waals surface area contributed by atoms with E-state index in [2.05, 4.69) is 6.92 Å². The van der Waals surface area contributed by atoms with Crippen molar-refractivity contribution in [1.29, 1.82) is 0 Å². The van der Waals surface area contributed by atoms with Gasteiger partial charge in [-0.15, -0.1) is 0 Å². The van der Waals surface area contributed by atoms with E-state index in [4.69, 9.17) is 5.73 Å². The van der Waals surface area contributed by atoms with Crippen LogP contribution in [-0.4, -0.2) is 3.96 Å². The van der Waals surface area contributed by atoms with Crippen LogP contribution in [0.4, 0.5) is 0 Å². The summed E-state index contributed by atoms with van der Waals surface area (Å²) in [4.78, 5) is 11.9. The molecule has 0 saturated carbocycles. The van der Waals surface area contributed by atoms with Crippen LogP contribution in [0, 0.1) is 0 Å². The molecule has 0 fully saturated rings. The van der Waals surface area contributed by atoms with Crippen molar-refractivity contribution in [3.63, 3.8) is 0 Å². The van der Waals surface area contributed by atoms with Gasteiger partial charge in [-0.25, -0.2) is 3.96 Å². The van der Waals surface area contributed by atoms with Crippen molar-refractivity contribution in [2.45, 2.75) is 25.9 Å². The summed E-state index contributed by atoms with van der Waals surface area (Å²) in [5.74, 6) is 0. The van der Waals surface area contributed by atoms with Crippen LogP contribution in [-0.2, 0) is 0 Å². The van der Waals surface area contributed by atoms with Gasteiger partial charge in [-0.1, -0.05) is 37.0 Å². The standard InChI is InChI=1S/C11H14N2OS/c1-2-5-10(12)13-11(14)8-6-3-4-7-9(8)15-13/h3-4,6-7,10H,2,5,12H2,1H3. The molecule has 2 aromatic rings. The Morgan fingerprint density at radius 2 is 2.20 bits per heavy atom. The Bertz CT molecular complexity index is 515. The number of rotatable bonds is 3. The third kappa shape index (κ3) is 1.82. The topological polar surface area (TPSA) is 48.0 Å². The molecule has 3 nitrogen and oxygen atoms in total. The maximum Gasteiger partial charge on any atom is 0.269 e. The van der Waals surface area contributed by atoms with Crippen LogP contribution in [0.25, 0.3) is 10.1 Å². The van der Waals surface area contributed by atoms with E-state index in [-0.39, 0.29) is 11.7 Å². The van der Waals surface area contributed by atoms with Crippen LogP contribution in [0.5, 0.6) is 0 Å². The quantitative estimate of drug-likeness (QED) is 0.866. The van der Waals surface area contributed by atoms with Gasteiger partial charge in [0.2, 0.25) is 0 Å². The Kier molecular flexibility index (Phi) is 2.88. The number of hydrogen-bond acceptors (Lipinski definition) is 3. The van der Waals surface area contributed by atoms with Gasteiger partial charge < -0.3 is 5.73 Å². The molecule has 2 rings (SSSR count). The lowest BCUT2D eigenvalue weighted by molar-refractivity contribution is 0.500. The zero-order chi connectivity index (χ0) is 10.8. The Morgan fingerprint density at radius 3 is 2.87 bits per heavy atom. The summed E-state index contributed by atoms with van der Waals surface area (Å²) in [5.41, 5.74) is 5.98. The van der Waals surface area contributed by atoms with E-state index in [0.717, 1.165) is 22.9 Å². The van der Waals surface area contributed by atoms with Crippen molar-refractivity contribution in [2.75, 3.05) is 0 Å². The lowest BCUT2D eigenvalue weighted by atomic mass is 10.2. The van der Waals surface area contributed by atoms with E-state index >= 15 is 0 Å². The minimum atomic E-state index is -0.181. The molecule has 15 heavy (non-hydrogen) atoms. The van der Waals surface area contributed by atoms with Crippen LogP contribution < -0.4 is 11.3 Å². The van der Waals surface area contributed by atoms with E-state index in [9.17, 15) is 4.79 Å². The summed E-state index contributed by atoms with van der Waals surface area (Å²) < 4.78 is 2.68. The molecule has 0 aliphatic carbocycles. The smallest absolute Gasteiger partial charge is 0.269 e. The number of nitrogens with two attached hydrogens (primary N) is 1.